The Morgan fingerprint density at radius 2 is 2.12 bits per heavy atom. The number of nitrogens with zero attached hydrogens (tertiary/aromatic N) is 1. The molecule has 2 unspecified atom stereocenters. The smallest absolute Gasteiger partial charge is 0.307 e. The molecule has 0 bridgehead atoms. The van der Waals surface area contributed by atoms with E-state index in [4.69, 9.17) is 4.74 Å². The summed E-state index contributed by atoms with van der Waals surface area (Å²) in [4.78, 5) is 14.4. The number of carbonyl (C=O) groups excluding carboxylic acids is 1. The van der Waals surface area contributed by atoms with Crippen molar-refractivity contribution in [2.24, 2.45) is 5.92 Å². The highest BCUT2D eigenvalue weighted by molar-refractivity contribution is 5.71. The van der Waals surface area contributed by atoms with E-state index in [1.807, 2.05) is 6.92 Å². The first-order valence-corrected chi connectivity index (χ1v) is 7.07. The van der Waals surface area contributed by atoms with Crippen LogP contribution in [0.4, 0.5) is 0 Å². The van der Waals surface area contributed by atoms with Crippen molar-refractivity contribution in [1.29, 1.82) is 0 Å². The summed E-state index contributed by atoms with van der Waals surface area (Å²) in [6.45, 7) is 7.05. The van der Waals surface area contributed by atoms with Crippen molar-refractivity contribution >= 4 is 5.97 Å². The van der Waals surface area contributed by atoms with Gasteiger partial charge in [-0.3, -0.25) is 9.69 Å². The van der Waals surface area contributed by atoms with Gasteiger partial charge in [0.05, 0.1) is 13.0 Å². The molecule has 2 rings (SSSR count). The van der Waals surface area contributed by atoms with E-state index in [1.54, 1.807) is 0 Å². The molecule has 3 heteroatoms. The highest BCUT2D eigenvalue weighted by Gasteiger charge is 2.44. The van der Waals surface area contributed by atoms with Crippen LogP contribution in [0, 0.1) is 5.92 Å². The fourth-order valence-corrected chi connectivity index (χ4v) is 3.60. The van der Waals surface area contributed by atoms with Gasteiger partial charge in [-0.25, -0.2) is 0 Å². The molecule has 0 aromatic heterocycles. The van der Waals surface area contributed by atoms with Crippen LogP contribution < -0.4 is 0 Å². The third-order valence-corrected chi connectivity index (χ3v) is 4.39. The molecule has 0 amide bonds. The van der Waals surface area contributed by atoms with E-state index >= 15 is 0 Å². The van der Waals surface area contributed by atoms with Crippen molar-refractivity contribution in [2.75, 3.05) is 19.7 Å². The number of esters is 1. The van der Waals surface area contributed by atoms with Gasteiger partial charge in [-0.15, -0.1) is 0 Å². The summed E-state index contributed by atoms with van der Waals surface area (Å²) < 4.78 is 5.16. The first-order chi connectivity index (χ1) is 8.16. The number of carbonyl (C=O) groups is 1. The fourth-order valence-electron chi connectivity index (χ4n) is 3.60. The lowest BCUT2D eigenvalue weighted by Crippen LogP contribution is -2.47. The second-order valence-corrected chi connectivity index (χ2v) is 5.75. The van der Waals surface area contributed by atoms with Crippen LogP contribution in [0.25, 0.3) is 0 Å². The number of ether oxygens (including phenoxy) is 1. The zero-order valence-corrected chi connectivity index (χ0v) is 11.2. The maximum atomic E-state index is 11.8. The molecule has 17 heavy (non-hydrogen) atoms. The number of hydrogen-bond donors (Lipinski definition) is 0. The summed E-state index contributed by atoms with van der Waals surface area (Å²) in [7, 11) is 0. The Kier molecular flexibility index (Phi) is 4.08. The molecular weight excluding hydrogens is 214 g/mol. The topological polar surface area (TPSA) is 29.5 Å². The van der Waals surface area contributed by atoms with Gasteiger partial charge in [0.1, 0.15) is 0 Å². The third kappa shape index (κ3) is 2.82. The highest BCUT2D eigenvalue weighted by atomic mass is 16.5. The second kappa shape index (κ2) is 5.38. The van der Waals surface area contributed by atoms with Crippen LogP contribution >= 0.6 is 0 Å². The molecule has 1 heterocycles. The zero-order valence-electron chi connectivity index (χ0n) is 11.2. The summed E-state index contributed by atoms with van der Waals surface area (Å²) in [6, 6.07) is 0. The first kappa shape index (κ1) is 12.9. The molecule has 2 fully saturated rings. The van der Waals surface area contributed by atoms with E-state index in [0.717, 1.165) is 5.92 Å². The zero-order chi connectivity index (χ0) is 12.3. The lowest BCUT2D eigenvalue weighted by Gasteiger charge is -2.38. The van der Waals surface area contributed by atoms with Crippen LogP contribution in [0.3, 0.4) is 0 Å². The molecule has 0 radical (unpaired) electrons. The monoisotopic (exact) mass is 239 g/mol. The normalized spacial score (nSPS) is 34.1. The minimum Gasteiger partial charge on any atom is -0.466 e. The molecule has 1 aliphatic carbocycles. The quantitative estimate of drug-likeness (QED) is 0.706. The molecule has 1 aliphatic heterocycles. The molecule has 0 spiro atoms. The average Bonchev–Trinajstić information content (AvgIpc) is 2.88. The third-order valence-electron chi connectivity index (χ3n) is 4.39. The van der Waals surface area contributed by atoms with Gasteiger partial charge in [-0.1, -0.05) is 6.92 Å². The summed E-state index contributed by atoms with van der Waals surface area (Å²) in [5.41, 5.74) is 0.127. The summed E-state index contributed by atoms with van der Waals surface area (Å²) in [5.74, 6) is 0.749. The molecule has 2 aliphatic rings. The van der Waals surface area contributed by atoms with E-state index < -0.39 is 0 Å². The predicted molar refractivity (Wildman–Crippen MR) is 67.8 cm³/mol. The van der Waals surface area contributed by atoms with Gasteiger partial charge in [0, 0.05) is 5.54 Å². The van der Waals surface area contributed by atoms with Crippen LogP contribution in [-0.4, -0.2) is 36.1 Å². The van der Waals surface area contributed by atoms with Crippen LogP contribution in [-0.2, 0) is 9.53 Å². The largest absolute Gasteiger partial charge is 0.466 e. The SMILES string of the molecule is CCOC(=O)CC1(N2CCCC2)CCC(C)C1. The van der Waals surface area contributed by atoms with Crippen molar-refractivity contribution in [3.8, 4) is 0 Å². The Hall–Kier alpha value is -0.570. The molecular formula is C14H25NO2. The van der Waals surface area contributed by atoms with Crippen LogP contribution in [0.2, 0.25) is 0 Å². The Morgan fingerprint density at radius 3 is 2.65 bits per heavy atom. The van der Waals surface area contributed by atoms with Gasteiger partial charge >= 0.3 is 5.97 Å². The van der Waals surface area contributed by atoms with Crippen molar-refractivity contribution < 1.29 is 9.53 Å². The predicted octanol–water partition coefficient (Wildman–Crippen LogP) is 2.59. The maximum absolute atomic E-state index is 11.8. The summed E-state index contributed by atoms with van der Waals surface area (Å²) in [5, 5.41) is 0. The van der Waals surface area contributed by atoms with Gasteiger partial charge in [-0.05, 0) is 58.0 Å². The molecule has 98 valence electrons. The summed E-state index contributed by atoms with van der Waals surface area (Å²) >= 11 is 0. The standard InChI is InChI=1S/C14H25NO2/c1-3-17-13(16)11-14(7-6-12(2)10-14)15-8-4-5-9-15/h12H,3-11H2,1-2H3. The van der Waals surface area contributed by atoms with E-state index in [0.29, 0.717) is 13.0 Å². The number of rotatable bonds is 4. The second-order valence-electron chi connectivity index (χ2n) is 5.75. The van der Waals surface area contributed by atoms with Gasteiger partial charge in [0.15, 0.2) is 0 Å². The van der Waals surface area contributed by atoms with E-state index in [1.165, 1.54) is 45.2 Å². The molecule has 1 saturated carbocycles. The molecule has 0 aromatic rings. The summed E-state index contributed by atoms with van der Waals surface area (Å²) in [6.07, 6.45) is 6.79. The van der Waals surface area contributed by atoms with E-state index in [9.17, 15) is 4.79 Å². The number of likely N-dealkylation sites (tertiary alicyclic amines) is 1. The number of hydrogen-bond acceptors (Lipinski definition) is 3. The first-order valence-electron chi connectivity index (χ1n) is 7.07. The lowest BCUT2D eigenvalue weighted by atomic mass is 9.90. The van der Waals surface area contributed by atoms with Crippen molar-refractivity contribution in [3.63, 3.8) is 0 Å². The molecule has 0 aromatic carbocycles. The van der Waals surface area contributed by atoms with E-state index in [2.05, 4.69) is 11.8 Å². The minimum absolute atomic E-state index is 0.00602. The van der Waals surface area contributed by atoms with E-state index in [-0.39, 0.29) is 11.5 Å². The van der Waals surface area contributed by atoms with Crippen molar-refractivity contribution in [3.05, 3.63) is 0 Å². The molecule has 3 nitrogen and oxygen atoms in total. The fraction of sp³-hybridized carbons (Fsp3) is 0.929. The van der Waals surface area contributed by atoms with Crippen LogP contribution in [0.5, 0.6) is 0 Å². The van der Waals surface area contributed by atoms with Crippen LogP contribution in [0.15, 0.2) is 0 Å². The molecule has 0 N–H and O–H groups in total. The van der Waals surface area contributed by atoms with Gasteiger partial charge in [-0.2, -0.15) is 0 Å². The molecule has 2 atom stereocenters. The average molecular weight is 239 g/mol. The Balaban J connectivity index is 2.04. The Bertz CT molecular complexity index is 273. The lowest BCUT2D eigenvalue weighted by molar-refractivity contribution is -0.146. The molecule has 1 saturated heterocycles. The highest BCUT2D eigenvalue weighted by Crippen LogP contribution is 2.43. The minimum atomic E-state index is -0.00602. The van der Waals surface area contributed by atoms with Gasteiger partial charge in [0.2, 0.25) is 0 Å². The van der Waals surface area contributed by atoms with Gasteiger partial charge < -0.3 is 4.74 Å². The van der Waals surface area contributed by atoms with Gasteiger partial charge in [0.25, 0.3) is 0 Å². The maximum Gasteiger partial charge on any atom is 0.307 e. The van der Waals surface area contributed by atoms with Crippen molar-refractivity contribution in [1.82, 2.24) is 4.90 Å². The Labute approximate surface area is 105 Å². The van der Waals surface area contributed by atoms with Crippen LogP contribution in [0.1, 0.15) is 52.4 Å². The Morgan fingerprint density at radius 1 is 1.41 bits per heavy atom. The van der Waals surface area contributed by atoms with Crippen molar-refractivity contribution in [2.45, 2.75) is 57.9 Å².